The Kier molecular flexibility index (Phi) is 197. The van der Waals surface area contributed by atoms with Crippen LogP contribution in [0.25, 0.3) is 0 Å². The molecule has 0 saturated heterocycles. The van der Waals surface area contributed by atoms with Crippen molar-refractivity contribution in [3.05, 3.63) is 0 Å². The molecule has 0 rings (SSSR count). The van der Waals surface area contributed by atoms with Gasteiger partial charge in [-0.25, -0.2) is 0 Å². The van der Waals surface area contributed by atoms with Gasteiger partial charge in [0.15, 0.2) is 0 Å². The van der Waals surface area contributed by atoms with E-state index in [1.54, 1.807) is 0 Å². The van der Waals surface area contributed by atoms with Crippen LogP contribution in [0, 0.1) is 0 Å². The van der Waals surface area contributed by atoms with Gasteiger partial charge in [0.2, 0.25) is 0 Å². The minimum atomic E-state index is 0. The first-order chi connectivity index (χ1) is 1.00. The summed E-state index contributed by atoms with van der Waals surface area (Å²) in [5.74, 6) is 0. The molecule has 26 valence electrons. The van der Waals surface area contributed by atoms with E-state index in [4.69, 9.17) is 0 Å². The van der Waals surface area contributed by atoms with E-state index in [9.17, 15) is 0 Å². The fourth-order valence-corrected chi connectivity index (χ4v) is 0. The first-order valence-electron chi connectivity index (χ1n) is 0.204. The Labute approximate surface area is 41.1 Å². The van der Waals surface area contributed by atoms with Gasteiger partial charge in [-0.1, -0.05) is 0 Å². The summed E-state index contributed by atoms with van der Waals surface area (Å²) >= 11 is 1.13. The molecule has 0 aromatic carbocycles. The van der Waals surface area contributed by atoms with Gasteiger partial charge in [0.25, 0.3) is 0 Å². The molecule has 0 spiro atoms. The Bertz CT molecular complexity index is 6.00. The molecule has 0 aromatic heterocycles. The Balaban J connectivity index is -0.00000000500. The molecular formula is H4O2SSn. The molecule has 2 nitrogen and oxygen atoms in total. The zero-order chi connectivity index (χ0) is 2.00. The topological polar surface area (TPSA) is 63.0 Å². The molecule has 0 aliphatic rings. The molecule has 0 aliphatic carbocycles. The van der Waals surface area contributed by atoms with Crippen molar-refractivity contribution in [1.29, 1.82) is 0 Å². The van der Waals surface area contributed by atoms with Gasteiger partial charge in [0.1, 0.15) is 0 Å². The molecule has 0 aliphatic heterocycles. The maximum absolute atomic E-state index is 4.17. The van der Waals surface area contributed by atoms with Gasteiger partial charge in [-0.2, -0.15) is 0 Å². The van der Waals surface area contributed by atoms with Crippen molar-refractivity contribution in [1.82, 2.24) is 0 Å². The summed E-state index contributed by atoms with van der Waals surface area (Å²) in [6.07, 6.45) is 0. The Morgan fingerprint density at radius 1 is 1.00 bits per heavy atom. The van der Waals surface area contributed by atoms with Crippen LogP contribution in [0.5, 0.6) is 0 Å². The monoisotopic (exact) mass is 188 g/mol. The fraction of sp³-hybridized carbons (Fsp3) is 0. The Hall–Kier alpha value is 0.939. The van der Waals surface area contributed by atoms with Gasteiger partial charge in [-0.05, 0) is 0 Å². The molecule has 0 heterocycles. The molecule has 0 unspecified atom stereocenters. The SMILES string of the molecule is O.O.[S]=[Sn]. The van der Waals surface area contributed by atoms with Crippen molar-refractivity contribution in [3.63, 3.8) is 0 Å². The third-order valence-corrected chi connectivity index (χ3v) is 0. The van der Waals surface area contributed by atoms with Gasteiger partial charge in [-0.15, -0.1) is 0 Å². The van der Waals surface area contributed by atoms with E-state index in [1.807, 2.05) is 0 Å². The summed E-state index contributed by atoms with van der Waals surface area (Å²) in [7, 11) is 4.17. The molecule has 0 atom stereocenters. The molecule has 4 N–H and O–H groups in total. The van der Waals surface area contributed by atoms with Gasteiger partial charge in [0, 0.05) is 0 Å². The molecule has 0 aromatic rings. The molecule has 0 saturated carbocycles. The minimum absolute atomic E-state index is 0. The summed E-state index contributed by atoms with van der Waals surface area (Å²) in [4.78, 5) is 0. The van der Waals surface area contributed by atoms with E-state index >= 15 is 0 Å². The molecule has 2 radical (unpaired) electrons. The summed E-state index contributed by atoms with van der Waals surface area (Å²) in [6, 6.07) is 0. The summed E-state index contributed by atoms with van der Waals surface area (Å²) < 4.78 is 0. The molecule has 4 heteroatoms. The van der Waals surface area contributed by atoms with Crippen LogP contribution in [-0.2, 0) is 0 Å². The van der Waals surface area contributed by atoms with Crippen LogP contribution in [0.2, 0.25) is 0 Å². The van der Waals surface area contributed by atoms with E-state index < -0.39 is 0 Å². The second-order valence-corrected chi connectivity index (χ2v) is 0. The van der Waals surface area contributed by atoms with Crippen LogP contribution in [-0.4, -0.2) is 31.5 Å². The summed E-state index contributed by atoms with van der Waals surface area (Å²) in [5, 5.41) is 0. The van der Waals surface area contributed by atoms with Crippen LogP contribution in [0.3, 0.4) is 0 Å². The Morgan fingerprint density at radius 3 is 1.00 bits per heavy atom. The van der Waals surface area contributed by atoms with E-state index in [2.05, 4.69) is 9.29 Å². The van der Waals surface area contributed by atoms with Crippen LogP contribution >= 0.6 is 9.29 Å². The zero-order valence-electron chi connectivity index (χ0n) is 1.91. The fourth-order valence-electron chi connectivity index (χ4n) is 0. The van der Waals surface area contributed by atoms with Crippen molar-refractivity contribution in [2.24, 2.45) is 0 Å². The van der Waals surface area contributed by atoms with Crippen molar-refractivity contribution in [3.8, 4) is 0 Å². The van der Waals surface area contributed by atoms with Crippen LogP contribution in [0.15, 0.2) is 0 Å². The van der Waals surface area contributed by atoms with Crippen molar-refractivity contribution >= 4 is 29.9 Å². The quantitative estimate of drug-likeness (QED) is 0.430. The van der Waals surface area contributed by atoms with Gasteiger partial charge >= 0.3 is 29.9 Å². The predicted octanol–water partition coefficient (Wildman–Crippen LogP) is -1.38. The average molecular weight is 187 g/mol. The van der Waals surface area contributed by atoms with Crippen molar-refractivity contribution in [2.75, 3.05) is 0 Å². The molecule has 0 fully saturated rings. The second-order valence-electron chi connectivity index (χ2n) is 0. The van der Waals surface area contributed by atoms with Gasteiger partial charge in [0.05, 0.1) is 0 Å². The number of hydrogen-bond acceptors (Lipinski definition) is 1. The number of hydrogen-bond donors (Lipinski definition) is 0. The predicted molar refractivity (Wildman–Crippen MR) is 20.6 cm³/mol. The van der Waals surface area contributed by atoms with E-state index in [0.717, 1.165) is 20.6 Å². The summed E-state index contributed by atoms with van der Waals surface area (Å²) in [6.45, 7) is 0. The third kappa shape index (κ3) is 12.5. The first-order valence-corrected chi connectivity index (χ1v) is 4.11. The van der Waals surface area contributed by atoms with Crippen LogP contribution in [0.4, 0.5) is 0 Å². The maximum atomic E-state index is 4.17. The van der Waals surface area contributed by atoms with Crippen LogP contribution in [0.1, 0.15) is 0 Å². The van der Waals surface area contributed by atoms with E-state index in [0.29, 0.717) is 0 Å². The molecule has 4 heavy (non-hydrogen) atoms. The average Bonchev–Trinajstić information content (AvgIpc) is 1.00. The molecule has 0 bridgehead atoms. The van der Waals surface area contributed by atoms with Gasteiger partial charge in [-0.3, -0.25) is 0 Å². The third-order valence-electron chi connectivity index (χ3n) is 0. The van der Waals surface area contributed by atoms with Crippen molar-refractivity contribution in [2.45, 2.75) is 0 Å². The molecule has 0 amide bonds. The number of rotatable bonds is 0. The second kappa shape index (κ2) is 38.6. The van der Waals surface area contributed by atoms with Crippen LogP contribution < -0.4 is 0 Å². The Morgan fingerprint density at radius 2 is 1.00 bits per heavy atom. The standard InChI is InChI=1S/2H2O.S.Sn/h2*1H2;;. The first kappa shape index (κ1) is 20.4. The van der Waals surface area contributed by atoms with E-state index in [-0.39, 0.29) is 11.0 Å². The normalized spacial score (nSPS) is 1.00. The zero-order valence-corrected chi connectivity index (χ0v) is 5.58. The van der Waals surface area contributed by atoms with Gasteiger partial charge < -0.3 is 11.0 Å². The summed E-state index contributed by atoms with van der Waals surface area (Å²) in [5.41, 5.74) is 0. The molecular weight excluding hydrogens is 183 g/mol. The van der Waals surface area contributed by atoms with Crippen molar-refractivity contribution < 1.29 is 11.0 Å². The van der Waals surface area contributed by atoms with E-state index in [1.165, 1.54) is 0 Å².